The van der Waals surface area contributed by atoms with Gasteiger partial charge < -0.3 is 20.9 Å². The molecule has 0 saturated carbocycles. The van der Waals surface area contributed by atoms with Crippen LogP contribution < -0.4 is 15.8 Å². The minimum Gasteiger partial charge on any atom is -0.491 e. The van der Waals surface area contributed by atoms with Gasteiger partial charge in [0, 0.05) is 6.54 Å². The summed E-state index contributed by atoms with van der Waals surface area (Å²) in [7, 11) is 0. The summed E-state index contributed by atoms with van der Waals surface area (Å²) >= 11 is 0. The van der Waals surface area contributed by atoms with E-state index in [1.807, 2.05) is 13.8 Å². The van der Waals surface area contributed by atoms with Gasteiger partial charge in [-0.15, -0.1) is 0 Å². The highest BCUT2D eigenvalue weighted by Gasteiger charge is 2.19. The summed E-state index contributed by atoms with van der Waals surface area (Å²) in [5.41, 5.74) is 5.78. The Balaban J connectivity index is 2.29. The fourth-order valence-corrected chi connectivity index (χ4v) is 1.63. The fourth-order valence-electron chi connectivity index (χ4n) is 1.63. The van der Waals surface area contributed by atoms with E-state index in [1.165, 1.54) is 24.3 Å². The summed E-state index contributed by atoms with van der Waals surface area (Å²) in [5.74, 6) is -0.102. The summed E-state index contributed by atoms with van der Waals surface area (Å²) in [6.07, 6.45) is -0.0479. The van der Waals surface area contributed by atoms with Crippen molar-refractivity contribution >= 4 is 5.91 Å². The molecule has 0 radical (unpaired) electrons. The number of ether oxygens (including phenoxy) is 1. The van der Waals surface area contributed by atoms with E-state index < -0.39 is 12.1 Å². The van der Waals surface area contributed by atoms with Gasteiger partial charge in [0.25, 0.3) is 0 Å². The normalized spacial score (nSPS) is 15.1. The molecule has 0 aliphatic heterocycles. The molecule has 5 nitrogen and oxygen atoms in total. The predicted octanol–water partition coefficient (Wildman–Crippen LogP) is 1.06. The van der Waals surface area contributed by atoms with Gasteiger partial charge in [-0.2, -0.15) is 0 Å². The molecule has 0 heterocycles. The van der Waals surface area contributed by atoms with Crippen LogP contribution in [0.4, 0.5) is 4.39 Å². The first-order valence-corrected chi connectivity index (χ1v) is 7.03. The average molecular weight is 298 g/mol. The van der Waals surface area contributed by atoms with Gasteiger partial charge in [-0.05, 0) is 30.2 Å². The first kappa shape index (κ1) is 17.4. The lowest BCUT2D eigenvalue weighted by Gasteiger charge is -2.19. The molecule has 118 valence electrons. The van der Waals surface area contributed by atoms with Gasteiger partial charge in [0.2, 0.25) is 5.91 Å². The van der Waals surface area contributed by atoms with E-state index in [1.54, 1.807) is 0 Å². The topological polar surface area (TPSA) is 84.6 Å². The highest BCUT2D eigenvalue weighted by atomic mass is 19.1. The molecule has 1 aromatic carbocycles. The third-order valence-electron chi connectivity index (χ3n) is 3.33. The standard InChI is InChI=1S/C15H23FN2O3/c1-3-10(2)14(17)15(20)18-8-12(19)9-21-13-6-4-11(16)5-7-13/h4-7,10,12,14,19H,3,8-9,17H2,1-2H3,(H,18,20). The number of nitrogens with two attached hydrogens (primary N) is 1. The van der Waals surface area contributed by atoms with Crippen LogP contribution in [0, 0.1) is 11.7 Å². The van der Waals surface area contributed by atoms with Crippen molar-refractivity contribution < 1.29 is 19.0 Å². The molecular formula is C15H23FN2O3. The van der Waals surface area contributed by atoms with Crippen LogP contribution in [0.2, 0.25) is 0 Å². The number of nitrogens with one attached hydrogen (secondary N) is 1. The van der Waals surface area contributed by atoms with Crippen LogP contribution in [0.25, 0.3) is 0 Å². The molecule has 3 unspecified atom stereocenters. The smallest absolute Gasteiger partial charge is 0.237 e. The van der Waals surface area contributed by atoms with Crippen LogP contribution in [0.15, 0.2) is 24.3 Å². The molecular weight excluding hydrogens is 275 g/mol. The van der Waals surface area contributed by atoms with E-state index in [-0.39, 0.29) is 30.8 Å². The molecule has 0 spiro atoms. The van der Waals surface area contributed by atoms with E-state index in [2.05, 4.69) is 5.32 Å². The molecule has 1 amide bonds. The van der Waals surface area contributed by atoms with Crippen molar-refractivity contribution in [3.05, 3.63) is 30.1 Å². The maximum Gasteiger partial charge on any atom is 0.237 e. The van der Waals surface area contributed by atoms with Gasteiger partial charge >= 0.3 is 0 Å². The van der Waals surface area contributed by atoms with E-state index in [9.17, 15) is 14.3 Å². The average Bonchev–Trinajstić information content (AvgIpc) is 2.50. The first-order chi connectivity index (χ1) is 9.93. The largest absolute Gasteiger partial charge is 0.491 e. The lowest BCUT2D eigenvalue weighted by Crippen LogP contribution is -2.47. The second-order valence-corrected chi connectivity index (χ2v) is 5.08. The van der Waals surface area contributed by atoms with Crippen molar-refractivity contribution in [2.24, 2.45) is 11.7 Å². The van der Waals surface area contributed by atoms with Gasteiger partial charge in [0.15, 0.2) is 0 Å². The van der Waals surface area contributed by atoms with Crippen molar-refractivity contribution in [3.63, 3.8) is 0 Å². The number of hydrogen-bond acceptors (Lipinski definition) is 4. The molecule has 0 bridgehead atoms. The Labute approximate surface area is 124 Å². The van der Waals surface area contributed by atoms with Crippen LogP contribution in [-0.2, 0) is 4.79 Å². The Hall–Kier alpha value is -1.66. The van der Waals surface area contributed by atoms with Gasteiger partial charge in [-0.3, -0.25) is 4.79 Å². The number of rotatable bonds is 8. The molecule has 0 aliphatic carbocycles. The maximum atomic E-state index is 12.7. The molecule has 0 aliphatic rings. The van der Waals surface area contributed by atoms with E-state index >= 15 is 0 Å². The molecule has 0 aromatic heterocycles. The van der Waals surface area contributed by atoms with Crippen molar-refractivity contribution in [2.45, 2.75) is 32.4 Å². The number of halogens is 1. The van der Waals surface area contributed by atoms with Gasteiger partial charge in [-0.25, -0.2) is 4.39 Å². The van der Waals surface area contributed by atoms with Gasteiger partial charge in [-0.1, -0.05) is 20.3 Å². The zero-order valence-corrected chi connectivity index (χ0v) is 12.4. The summed E-state index contributed by atoms with van der Waals surface area (Å²) < 4.78 is 18.0. The van der Waals surface area contributed by atoms with Crippen molar-refractivity contribution in [3.8, 4) is 5.75 Å². The maximum absolute atomic E-state index is 12.7. The molecule has 1 aromatic rings. The molecule has 3 atom stereocenters. The molecule has 1 rings (SSSR count). The monoisotopic (exact) mass is 298 g/mol. The predicted molar refractivity (Wildman–Crippen MR) is 78.3 cm³/mol. The number of carbonyl (C=O) groups is 1. The highest BCUT2D eigenvalue weighted by Crippen LogP contribution is 2.11. The third kappa shape index (κ3) is 6.10. The van der Waals surface area contributed by atoms with Crippen molar-refractivity contribution in [1.29, 1.82) is 0 Å². The van der Waals surface area contributed by atoms with Crippen molar-refractivity contribution in [1.82, 2.24) is 5.32 Å². The molecule has 0 saturated heterocycles. The summed E-state index contributed by atoms with van der Waals surface area (Å²) in [5, 5.41) is 12.3. The Morgan fingerprint density at radius 2 is 2.05 bits per heavy atom. The van der Waals surface area contributed by atoms with Crippen LogP contribution in [0.1, 0.15) is 20.3 Å². The number of aliphatic hydroxyl groups is 1. The number of hydrogen-bond donors (Lipinski definition) is 3. The lowest BCUT2D eigenvalue weighted by atomic mass is 9.99. The second kappa shape index (κ2) is 8.59. The van der Waals surface area contributed by atoms with Gasteiger partial charge in [0.05, 0.1) is 6.04 Å². The molecule has 21 heavy (non-hydrogen) atoms. The molecule has 4 N–H and O–H groups in total. The van der Waals surface area contributed by atoms with E-state index in [0.717, 1.165) is 6.42 Å². The van der Waals surface area contributed by atoms with Gasteiger partial charge in [0.1, 0.15) is 24.3 Å². The van der Waals surface area contributed by atoms with Crippen LogP contribution >= 0.6 is 0 Å². The molecule has 6 heteroatoms. The summed E-state index contributed by atoms with van der Waals surface area (Å²) in [6.45, 7) is 3.93. The second-order valence-electron chi connectivity index (χ2n) is 5.08. The fraction of sp³-hybridized carbons (Fsp3) is 0.533. The van der Waals surface area contributed by atoms with Crippen LogP contribution in [0.5, 0.6) is 5.75 Å². The number of benzene rings is 1. The SMILES string of the molecule is CCC(C)C(N)C(=O)NCC(O)COc1ccc(F)cc1. The highest BCUT2D eigenvalue weighted by molar-refractivity contribution is 5.81. The Kier molecular flexibility index (Phi) is 7.11. The van der Waals surface area contributed by atoms with E-state index in [4.69, 9.17) is 10.5 Å². The Bertz CT molecular complexity index is 439. The van der Waals surface area contributed by atoms with Crippen LogP contribution in [0.3, 0.4) is 0 Å². The van der Waals surface area contributed by atoms with Crippen molar-refractivity contribution in [2.75, 3.05) is 13.2 Å². The van der Waals surface area contributed by atoms with Crippen LogP contribution in [-0.4, -0.2) is 36.3 Å². The lowest BCUT2D eigenvalue weighted by molar-refractivity contribution is -0.123. The number of aliphatic hydroxyl groups excluding tert-OH is 1. The zero-order valence-electron chi connectivity index (χ0n) is 12.4. The minimum atomic E-state index is -0.858. The third-order valence-corrected chi connectivity index (χ3v) is 3.33. The quantitative estimate of drug-likeness (QED) is 0.670. The summed E-state index contributed by atoms with van der Waals surface area (Å²) in [4.78, 5) is 11.7. The minimum absolute atomic E-state index is 0.00445. The number of carbonyl (C=O) groups excluding carboxylic acids is 1. The Morgan fingerprint density at radius 1 is 1.43 bits per heavy atom. The first-order valence-electron chi connectivity index (χ1n) is 7.03. The Morgan fingerprint density at radius 3 is 2.62 bits per heavy atom. The number of amides is 1. The zero-order chi connectivity index (χ0) is 15.8. The summed E-state index contributed by atoms with van der Waals surface area (Å²) in [6, 6.07) is 4.91. The van der Waals surface area contributed by atoms with E-state index in [0.29, 0.717) is 5.75 Å². The molecule has 0 fully saturated rings.